The molecule has 0 saturated carbocycles. The number of hydrogen-bond donors (Lipinski definition) is 0. The van der Waals surface area contributed by atoms with Crippen molar-refractivity contribution in [2.45, 2.75) is 12.4 Å². The smallest absolute Gasteiger partial charge is 0.340 e. The maximum atomic E-state index is 13.5. The lowest BCUT2D eigenvalue weighted by Gasteiger charge is -2.06. The van der Waals surface area contributed by atoms with E-state index in [1.165, 1.54) is 19.2 Å². The van der Waals surface area contributed by atoms with Crippen LogP contribution in [-0.4, -0.2) is 22.6 Å². The largest absolute Gasteiger partial charge is 0.465 e. The van der Waals surface area contributed by atoms with Crippen molar-refractivity contribution in [2.75, 3.05) is 7.11 Å². The van der Waals surface area contributed by atoms with E-state index >= 15 is 0 Å². The number of pyridine rings is 1. The molecule has 118 valence electrons. The molecule has 0 aliphatic heterocycles. The molecular weight excluding hydrogens is 319 g/mol. The van der Waals surface area contributed by atoms with E-state index in [1.54, 1.807) is 12.3 Å². The first-order valence-electron chi connectivity index (χ1n) is 7.00. The molecule has 6 heteroatoms. The van der Waals surface area contributed by atoms with E-state index in [-0.39, 0.29) is 0 Å². The third-order valence-corrected chi connectivity index (χ3v) is 3.86. The predicted molar refractivity (Wildman–Crippen MR) is 86.1 cm³/mol. The van der Waals surface area contributed by atoms with Crippen molar-refractivity contribution in [1.82, 2.24) is 9.55 Å². The minimum Gasteiger partial charge on any atom is -0.465 e. The number of rotatable bonds is 4. The molecule has 0 fully saturated rings. The molecule has 0 amide bonds. The van der Waals surface area contributed by atoms with Crippen LogP contribution < -0.4 is 0 Å². The highest BCUT2D eigenvalue weighted by Gasteiger charge is 2.16. The van der Waals surface area contributed by atoms with Crippen LogP contribution in [0.4, 0.5) is 4.39 Å². The summed E-state index contributed by atoms with van der Waals surface area (Å²) >= 11 is 5.81. The number of aromatic nitrogens is 2. The van der Waals surface area contributed by atoms with E-state index in [4.69, 9.17) is 16.3 Å². The van der Waals surface area contributed by atoms with Gasteiger partial charge < -0.3 is 9.30 Å². The second-order valence-corrected chi connectivity index (χ2v) is 5.34. The molecule has 2 heterocycles. The first kappa shape index (κ1) is 15.5. The molecule has 3 aromatic rings. The second kappa shape index (κ2) is 6.38. The minimum absolute atomic E-state index is 0.329. The Kier molecular flexibility index (Phi) is 4.30. The molecule has 0 aliphatic rings. The standard InChI is InChI=1S/C17H14ClFN2O2/c1-23-17(22)15-10-21(16-6-5-11(19)7-14(15)16)9-13-4-2-3-12(8-18)20-13/h2-7,10H,8-9H2,1H3. The Balaban J connectivity index is 2.08. The maximum Gasteiger partial charge on any atom is 0.340 e. The van der Waals surface area contributed by atoms with Crippen LogP contribution in [0.2, 0.25) is 0 Å². The van der Waals surface area contributed by atoms with Crippen LogP contribution in [0.3, 0.4) is 0 Å². The minimum atomic E-state index is -0.498. The molecule has 4 nitrogen and oxygen atoms in total. The quantitative estimate of drug-likeness (QED) is 0.540. The second-order valence-electron chi connectivity index (χ2n) is 5.08. The van der Waals surface area contributed by atoms with Gasteiger partial charge in [-0.25, -0.2) is 9.18 Å². The number of esters is 1. The van der Waals surface area contributed by atoms with Gasteiger partial charge in [0.1, 0.15) is 5.82 Å². The van der Waals surface area contributed by atoms with Crippen molar-refractivity contribution < 1.29 is 13.9 Å². The molecule has 0 bridgehead atoms. The number of hydrogen-bond acceptors (Lipinski definition) is 3. The number of carbonyl (C=O) groups is 1. The van der Waals surface area contributed by atoms with E-state index < -0.39 is 11.8 Å². The zero-order valence-electron chi connectivity index (χ0n) is 12.4. The number of benzene rings is 1. The zero-order valence-corrected chi connectivity index (χ0v) is 13.2. The predicted octanol–water partition coefficient (Wildman–Crippen LogP) is 3.75. The van der Waals surface area contributed by atoms with Crippen LogP contribution in [0.15, 0.2) is 42.6 Å². The molecule has 0 unspecified atom stereocenters. The zero-order chi connectivity index (χ0) is 16.4. The third-order valence-electron chi connectivity index (χ3n) is 3.58. The van der Waals surface area contributed by atoms with Crippen LogP contribution in [0.5, 0.6) is 0 Å². The van der Waals surface area contributed by atoms with Crippen LogP contribution in [0.1, 0.15) is 21.7 Å². The van der Waals surface area contributed by atoms with Crippen LogP contribution >= 0.6 is 11.6 Å². The van der Waals surface area contributed by atoms with Crippen molar-refractivity contribution >= 4 is 28.5 Å². The van der Waals surface area contributed by atoms with Crippen LogP contribution in [-0.2, 0) is 17.2 Å². The normalized spacial score (nSPS) is 10.9. The average molecular weight is 333 g/mol. The maximum absolute atomic E-state index is 13.5. The summed E-state index contributed by atoms with van der Waals surface area (Å²) in [5, 5.41) is 0.519. The fourth-order valence-corrected chi connectivity index (χ4v) is 2.69. The van der Waals surface area contributed by atoms with Gasteiger partial charge in [0.15, 0.2) is 0 Å². The van der Waals surface area contributed by atoms with Gasteiger partial charge in [-0.1, -0.05) is 6.07 Å². The van der Waals surface area contributed by atoms with Gasteiger partial charge in [-0.05, 0) is 30.3 Å². The van der Waals surface area contributed by atoms with Gasteiger partial charge in [0.2, 0.25) is 0 Å². The summed E-state index contributed by atoms with van der Waals surface area (Å²) in [7, 11) is 1.30. The highest BCUT2D eigenvalue weighted by molar-refractivity contribution is 6.16. The monoisotopic (exact) mass is 332 g/mol. The van der Waals surface area contributed by atoms with Gasteiger partial charge in [-0.15, -0.1) is 11.6 Å². The molecule has 2 aromatic heterocycles. The molecule has 3 rings (SSSR count). The Morgan fingerprint density at radius 3 is 2.83 bits per heavy atom. The van der Waals surface area contributed by atoms with E-state index in [0.717, 1.165) is 16.9 Å². The lowest BCUT2D eigenvalue weighted by Crippen LogP contribution is -2.03. The van der Waals surface area contributed by atoms with Crippen LogP contribution in [0.25, 0.3) is 10.9 Å². The Hall–Kier alpha value is -2.40. The number of methoxy groups -OCH3 is 1. The van der Waals surface area contributed by atoms with E-state index in [9.17, 15) is 9.18 Å². The molecule has 0 saturated heterocycles. The summed E-state index contributed by atoms with van der Waals surface area (Å²) in [6.07, 6.45) is 1.66. The Morgan fingerprint density at radius 1 is 1.30 bits per heavy atom. The van der Waals surface area contributed by atoms with E-state index in [1.807, 2.05) is 22.8 Å². The Morgan fingerprint density at radius 2 is 2.09 bits per heavy atom. The summed E-state index contributed by atoms with van der Waals surface area (Å²) < 4.78 is 20.2. The highest BCUT2D eigenvalue weighted by atomic mass is 35.5. The first-order chi connectivity index (χ1) is 11.1. The topological polar surface area (TPSA) is 44.1 Å². The van der Waals surface area contributed by atoms with Crippen LogP contribution in [0, 0.1) is 5.82 Å². The highest BCUT2D eigenvalue weighted by Crippen LogP contribution is 2.24. The van der Waals surface area contributed by atoms with Gasteiger partial charge >= 0.3 is 5.97 Å². The molecule has 0 spiro atoms. The third kappa shape index (κ3) is 3.05. The van der Waals surface area contributed by atoms with Crippen molar-refractivity contribution in [3.05, 3.63) is 65.4 Å². The number of nitrogens with zero attached hydrogens (tertiary/aromatic N) is 2. The van der Waals surface area contributed by atoms with Crippen molar-refractivity contribution in [3.63, 3.8) is 0 Å². The van der Waals surface area contributed by atoms with E-state index in [0.29, 0.717) is 23.4 Å². The number of ether oxygens (including phenoxy) is 1. The molecule has 1 aromatic carbocycles. The molecular formula is C17H14ClFN2O2. The number of alkyl halides is 1. The van der Waals surface area contributed by atoms with Crippen molar-refractivity contribution in [1.29, 1.82) is 0 Å². The number of halogens is 2. The van der Waals surface area contributed by atoms with E-state index in [2.05, 4.69) is 4.98 Å². The number of fused-ring (bicyclic) bond motifs is 1. The SMILES string of the molecule is COC(=O)c1cn(Cc2cccc(CCl)n2)c2ccc(F)cc12. The lowest BCUT2D eigenvalue weighted by atomic mass is 10.2. The molecule has 0 N–H and O–H groups in total. The Labute approximate surface area is 137 Å². The van der Waals surface area contributed by atoms with Gasteiger partial charge in [-0.3, -0.25) is 4.98 Å². The fourth-order valence-electron chi connectivity index (χ4n) is 2.54. The molecule has 0 aliphatic carbocycles. The van der Waals surface area contributed by atoms with Crippen molar-refractivity contribution in [3.8, 4) is 0 Å². The number of carbonyl (C=O) groups excluding carboxylic acids is 1. The Bertz CT molecular complexity index is 876. The van der Waals surface area contributed by atoms with Gasteiger partial charge in [0.05, 0.1) is 36.5 Å². The summed E-state index contributed by atoms with van der Waals surface area (Å²) in [6.45, 7) is 0.448. The summed E-state index contributed by atoms with van der Waals surface area (Å²) in [4.78, 5) is 16.4. The first-order valence-corrected chi connectivity index (χ1v) is 7.53. The lowest BCUT2D eigenvalue weighted by molar-refractivity contribution is 0.0602. The van der Waals surface area contributed by atoms with Gasteiger partial charge in [0, 0.05) is 17.1 Å². The fraction of sp³-hybridized carbons (Fsp3) is 0.176. The van der Waals surface area contributed by atoms with Crippen molar-refractivity contribution in [2.24, 2.45) is 0 Å². The molecule has 0 radical (unpaired) electrons. The molecule has 0 atom stereocenters. The molecule has 23 heavy (non-hydrogen) atoms. The average Bonchev–Trinajstić information content (AvgIpc) is 2.92. The van der Waals surface area contributed by atoms with Gasteiger partial charge in [-0.2, -0.15) is 0 Å². The van der Waals surface area contributed by atoms with Gasteiger partial charge in [0.25, 0.3) is 0 Å². The summed E-state index contributed by atoms with van der Waals surface area (Å²) in [5.41, 5.74) is 2.65. The summed E-state index contributed by atoms with van der Waals surface area (Å²) in [6, 6.07) is 9.95. The summed E-state index contributed by atoms with van der Waals surface area (Å²) in [5.74, 6) is -0.566.